The second kappa shape index (κ2) is 9.21. The summed E-state index contributed by atoms with van der Waals surface area (Å²) in [4.78, 5) is 0. The number of rotatable bonds is 4. The van der Waals surface area contributed by atoms with Crippen LogP contribution in [0.15, 0.2) is 146 Å². The average Bonchev–Trinajstić information content (AvgIpc) is 3.31. The van der Waals surface area contributed by atoms with Gasteiger partial charge in [-0.3, -0.25) is 0 Å². The van der Waals surface area contributed by atoms with Gasteiger partial charge in [-0.1, -0.05) is 127 Å². The summed E-state index contributed by atoms with van der Waals surface area (Å²) in [5, 5.41) is 2.53. The molecule has 0 saturated heterocycles. The molecule has 0 unspecified atom stereocenters. The lowest BCUT2D eigenvalue weighted by Gasteiger charge is -2.12. The normalized spacial score (nSPS) is 11.3. The lowest BCUT2D eigenvalue weighted by atomic mass is 10.0. The summed E-state index contributed by atoms with van der Waals surface area (Å²) in [5.74, 6) is 0. The molecule has 0 fully saturated rings. The molecule has 0 bridgehead atoms. The van der Waals surface area contributed by atoms with Gasteiger partial charge >= 0.3 is 0 Å². The van der Waals surface area contributed by atoms with E-state index >= 15 is 0 Å². The zero-order valence-electron chi connectivity index (χ0n) is 21.3. The van der Waals surface area contributed by atoms with Gasteiger partial charge in [0.25, 0.3) is 0 Å². The third-order valence-corrected chi connectivity index (χ3v) is 7.44. The number of aromatic nitrogens is 1. The summed E-state index contributed by atoms with van der Waals surface area (Å²) in [5.41, 5.74) is 12.2. The van der Waals surface area contributed by atoms with Gasteiger partial charge in [0.1, 0.15) is 0 Å². The summed E-state index contributed by atoms with van der Waals surface area (Å²) < 4.78 is 2.43. The topological polar surface area (TPSA) is 4.93 Å². The third-order valence-electron chi connectivity index (χ3n) is 7.44. The van der Waals surface area contributed by atoms with Gasteiger partial charge < -0.3 is 4.57 Å². The van der Waals surface area contributed by atoms with E-state index in [1.165, 1.54) is 66.4 Å². The van der Waals surface area contributed by atoms with Crippen LogP contribution in [0.3, 0.4) is 0 Å². The molecule has 0 aliphatic carbocycles. The molecule has 0 atom stereocenters. The van der Waals surface area contributed by atoms with Crippen molar-refractivity contribution in [3.8, 4) is 39.1 Å². The van der Waals surface area contributed by atoms with Crippen molar-refractivity contribution in [2.75, 3.05) is 0 Å². The van der Waals surface area contributed by atoms with Crippen LogP contribution in [-0.2, 0) is 0 Å². The minimum absolute atomic E-state index is 1.17. The Bertz CT molecular complexity index is 1810. The quantitative estimate of drug-likeness (QED) is 0.234. The predicted molar refractivity (Wildman–Crippen MR) is 162 cm³/mol. The summed E-state index contributed by atoms with van der Waals surface area (Å²) in [6.45, 7) is 2.15. The van der Waals surface area contributed by atoms with Crippen LogP contribution in [0, 0.1) is 6.92 Å². The second-order valence-electron chi connectivity index (χ2n) is 9.95. The molecule has 0 aliphatic heterocycles. The summed E-state index contributed by atoms with van der Waals surface area (Å²) in [6, 6.07) is 52.7. The third kappa shape index (κ3) is 3.90. The van der Waals surface area contributed by atoms with Crippen molar-refractivity contribution in [2.45, 2.75) is 6.92 Å². The number of fused-ring (bicyclic) bond motifs is 3. The predicted octanol–water partition coefficient (Wildman–Crippen LogP) is 10.1. The Morgan fingerprint density at radius 3 is 1.39 bits per heavy atom. The highest BCUT2D eigenvalue weighted by Crippen LogP contribution is 2.37. The van der Waals surface area contributed by atoms with E-state index in [0.717, 1.165) is 0 Å². The van der Waals surface area contributed by atoms with Gasteiger partial charge in [0.05, 0.1) is 11.0 Å². The SMILES string of the molecule is Cc1cccc(-c2cccc(-n3c4cc(-c5ccccc5)ccc4c4ccc(-c5ccccc5)cc43)c2)c1. The van der Waals surface area contributed by atoms with E-state index in [0.29, 0.717) is 0 Å². The van der Waals surface area contributed by atoms with Crippen LogP contribution >= 0.6 is 0 Å². The van der Waals surface area contributed by atoms with Crippen LogP contribution in [0.2, 0.25) is 0 Å². The summed E-state index contributed by atoms with van der Waals surface area (Å²) in [7, 11) is 0. The molecule has 1 heterocycles. The molecule has 0 aliphatic rings. The van der Waals surface area contributed by atoms with Gasteiger partial charge in [0, 0.05) is 16.5 Å². The van der Waals surface area contributed by atoms with Crippen molar-refractivity contribution >= 4 is 21.8 Å². The monoisotopic (exact) mass is 485 g/mol. The van der Waals surface area contributed by atoms with Crippen molar-refractivity contribution < 1.29 is 0 Å². The molecule has 0 radical (unpaired) electrons. The van der Waals surface area contributed by atoms with Crippen LogP contribution in [-0.4, -0.2) is 4.57 Å². The van der Waals surface area contributed by atoms with Crippen molar-refractivity contribution in [1.82, 2.24) is 4.57 Å². The molecule has 180 valence electrons. The van der Waals surface area contributed by atoms with E-state index in [1.807, 2.05) is 0 Å². The minimum atomic E-state index is 1.17. The second-order valence-corrected chi connectivity index (χ2v) is 9.95. The van der Waals surface area contributed by atoms with E-state index in [4.69, 9.17) is 0 Å². The number of hydrogen-bond acceptors (Lipinski definition) is 0. The van der Waals surface area contributed by atoms with Crippen LogP contribution in [0.5, 0.6) is 0 Å². The molecule has 0 spiro atoms. The minimum Gasteiger partial charge on any atom is -0.309 e. The Hall–Kier alpha value is -4.88. The first kappa shape index (κ1) is 22.3. The van der Waals surface area contributed by atoms with Crippen molar-refractivity contribution in [3.63, 3.8) is 0 Å². The maximum atomic E-state index is 2.43. The van der Waals surface area contributed by atoms with Gasteiger partial charge in [-0.2, -0.15) is 0 Å². The molecule has 38 heavy (non-hydrogen) atoms. The van der Waals surface area contributed by atoms with Gasteiger partial charge in [-0.05, 0) is 64.6 Å². The molecule has 6 aromatic carbocycles. The van der Waals surface area contributed by atoms with Gasteiger partial charge in [-0.25, -0.2) is 0 Å². The molecule has 7 aromatic rings. The highest BCUT2D eigenvalue weighted by Gasteiger charge is 2.15. The average molecular weight is 486 g/mol. The van der Waals surface area contributed by atoms with E-state index in [1.54, 1.807) is 0 Å². The van der Waals surface area contributed by atoms with Gasteiger partial charge in [0.2, 0.25) is 0 Å². The van der Waals surface area contributed by atoms with E-state index in [2.05, 4.69) is 157 Å². The number of hydrogen-bond donors (Lipinski definition) is 0. The standard InChI is InChI=1S/C37H27N/c1-26-10-8-15-29(22-26)30-16-9-17-33(23-30)38-36-24-31(27-11-4-2-5-12-27)18-20-34(36)35-21-19-32(25-37(35)38)28-13-6-3-7-14-28/h2-25H,1H3. The number of benzene rings is 6. The first-order valence-corrected chi connectivity index (χ1v) is 13.1. The Kier molecular flexibility index (Phi) is 5.41. The highest BCUT2D eigenvalue weighted by molar-refractivity contribution is 6.11. The van der Waals surface area contributed by atoms with E-state index in [-0.39, 0.29) is 0 Å². The van der Waals surface area contributed by atoms with Crippen LogP contribution in [0.25, 0.3) is 60.9 Å². The smallest absolute Gasteiger partial charge is 0.0547 e. The molecule has 0 N–H and O–H groups in total. The Labute approximate surface area is 223 Å². The van der Waals surface area contributed by atoms with Gasteiger partial charge in [0.15, 0.2) is 0 Å². The number of nitrogens with zero attached hydrogens (tertiary/aromatic N) is 1. The first-order chi connectivity index (χ1) is 18.7. The fourth-order valence-electron chi connectivity index (χ4n) is 5.57. The fourth-order valence-corrected chi connectivity index (χ4v) is 5.57. The lowest BCUT2D eigenvalue weighted by molar-refractivity contribution is 1.18. The zero-order chi connectivity index (χ0) is 25.5. The Morgan fingerprint density at radius 2 is 0.842 bits per heavy atom. The maximum absolute atomic E-state index is 2.43. The molecule has 7 rings (SSSR count). The van der Waals surface area contributed by atoms with Crippen molar-refractivity contribution in [2.24, 2.45) is 0 Å². The van der Waals surface area contributed by atoms with E-state index < -0.39 is 0 Å². The van der Waals surface area contributed by atoms with Crippen LogP contribution < -0.4 is 0 Å². The maximum Gasteiger partial charge on any atom is 0.0547 e. The molecular formula is C37H27N. The van der Waals surface area contributed by atoms with Crippen LogP contribution in [0.1, 0.15) is 5.56 Å². The molecule has 1 aromatic heterocycles. The Morgan fingerprint density at radius 1 is 0.368 bits per heavy atom. The van der Waals surface area contributed by atoms with Crippen LogP contribution in [0.4, 0.5) is 0 Å². The summed E-state index contributed by atoms with van der Waals surface area (Å²) in [6.07, 6.45) is 0. The van der Waals surface area contributed by atoms with E-state index in [9.17, 15) is 0 Å². The highest BCUT2D eigenvalue weighted by atomic mass is 15.0. The lowest BCUT2D eigenvalue weighted by Crippen LogP contribution is -1.95. The largest absolute Gasteiger partial charge is 0.309 e. The number of aryl methyl sites for hydroxylation is 1. The van der Waals surface area contributed by atoms with Gasteiger partial charge in [-0.15, -0.1) is 0 Å². The summed E-state index contributed by atoms with van der Waals surface area (Å²) >= 11 is 0. The Balaban J connectivity index is 1.51. The molecular weight excluding hydrogens is 458 g/mol. The molecule has 1 nitrogen and oxygen atoms in total. The molecule has 0 amide bonds. The van der Waals surface area contributed by atoms with Crippen molar-refractivity contribution in [3.05, 3.63) is 151 Å². The zero-order valence-corrected chi connectivity index (χ0v) is 21.3. The molecule has 1 heteroatoms. The molecule has 0 saturated carbocycles. The first-order valence-electron chi connectivity index (χ1n) is 13.1. The van der Waals surface area contributed by atoms with Crippen molar-refractivity contribution in [1.29, 1.82) is 0 Å². The fraction of sp³-hybridized carbons (Fsp3) is 0.0270.